The smallest absolute Gasteiger partial charge is 0.311 e. The second kappa shape index (κ2) is 5.98. The molecule has 2 aromatic rings. The van der Waals surface area contributed by atoms with Gasteiger partial charge in [0.05, 0.1) is 31.1 Å². The van der Waals surface area contributed by atoms with Crippen LogP contribution in [0.3, 0.4) is 0 Å². The Kier molecular flexibility index (Phi) is 4.33. The third-order valence-corrected chi connectivity index (χ3v) is 3.61. The van der Waals surface area contributed by atoms with E-state index in [0.29, 0.717) is 21.1 Å². The third kappa shape index (κ3) is 3.42. The number of amides is 1. The quantitative estimate of drug-likeness (QED) is 0.861. The van der Waals surface area contributed by atoms with Crippen LogP contribution >= 0.6 is 27.3 Å². The number of rotatable bonds is 4. The van der Waals surface area contributed by atoms with Gasteiger partial charge in [0.25, 0.3) is 5.91 Å². The lowest BCUT2D eigenvalue weighted by atomic mass is 10.3. The summed E-state index contributed by atoms with van der Waals surface area (Å²) in [6.45, 7) is 0. The van der Waals surface area contributed by atoms with Gasteiger partial charge in [0.1, 0.15) is 0 Å². The first-order chi connectivity index (χ1) is 9.10. The Morgan fingerprint density at radius 2 is 2.37 bits per heavy atom. The standard InChI is InChI=1S/C11H9BrN2O4S/c1-17-8(15)4-6-5-19-11(13-6)14-10(16)7-2-3-18-9(7)12/h2-3,5H,4H2,1H3,(H,13,14,16). The van der Waals surface area contributed by atoms with Gasteiger partial charge in [0, 0.05) is 5.38 Å². The first kappa shape index (κ1) is 13.8. The number of aromatic nitrogens is 1. The molecule has 2 rings (SSSR count). The Hall–Kier alpha value is -1.67. The van der Waals surface area contributed by atoms with Crippen LogP contribution in [-0.4, -0.2) is 24.0 Å². The Bertz CT molecular complexity index is 607. The molecule has 19 heavy (non-hydrogen) atoms. The molecule has 0 aromatic carbocycles. The van der Waals surface area contributed by atoms with Crippen LogP contribution in [0.25, 0.3) is 0 Å². The van der Waals surface area contributed by atoms with Crippen LogP contribution in [0.15, 0.2) is 26.8 Å². The fourth-order valence-electron chi connectivity index (χ4n) is 1.29. The van der Waals surface area contributed by atoms with E-state index in [4.69, 9.17) is 4.42 Å². The number of carbonyl (C=O) groups is 2. The number of furan rings is 1. The Balaban J connectivity index is 2.02. The van der Waals surface area contributed by atoms with Crippen LogP contribution in [0, 0.1) is 0 Å². The fraction of sp³-hybridized carbons (Fsp3) is 0.182. The monoisotopic (exact) mass is 344 g/mol. The summed E-state index contributed by atoms with van der Waals surface area (Å²) < 4.78 is 9.87. The second-order valence-electron chi connectivity index (χ2n) is 3.46. The highest BCUT2D eigenvalue weighted by atomic mass is 79.9. The van der Waals surface area contributed by atoms with E-state index in [2.05, 4.69) is 31.0 Å². The summed E-state index contributed by atoms with van der Waals surface area (Å²) in [6, 6.07) is 1.54. The number of esters is 1. The van der Waals surface area contributed by atoms with Crippen molar-refractivity contribution in [2.24, 2.45) is 0 Å². The van der Waals surface area contributed by atoms with E-state index >= 15 is 0 Å². The van der Waals surface area contributed by atoms with Crippen LogP contribution in [0.5, 0.6) is 0 Å². The lowest BCUT2D eigenvalue weighted by Gasteiger charge is -1.98. The molecule has 2 aromatic heterocycles. The van der Waals surface area contributed by atoms with Crippen molar-refractivity contribution in [2.75, 3.05) is 12.4 Å². The first-order valence-electron chi connectivity index (χ1n) is 5.15. The fourth-order valence-corrected chi connectivity index (χ4v) is 2.41. The van der Waals surface area contributed by atoms with Crippen LogP contribution < -0.4 is 5.32 Å². The Morgan fingerprint density at radius 3 is 3.00 bits per heavy atom. The van der Waals surface area contributed by atoms with Gasteiger partial charge < -0.3 is 9.15 Å². The molecule has 8 heteroatoms. The second-order valence-corrected chi connectivity index (χ2v) is 5.04. The molecule has 0 bridgehead atoms. The SMILES string of the molecule is COC(=O)Cc1csc(NC(=O)c2ccoc2Br)n1. The van der Waals surface area contributed by atoms with E-state index in [0.717, 1.165) is 0 Å². The van der Waals surface area contributed by atoms with Gasteiger partial charge in [-0.15, -0.1) is 11.3 Å². The molecule has 0 aliphatic carbocycles. The highest BCUT2D eigenvalue weighted by molar-refractivity contribution is 9.10. The van der Waals surface area contributed by atoms with Gasteiger partial charge in [-0.3, -0.25) is 14.9 Å². The summed E-state index contributed by atoms with van der Waals surface area (Å²) in [5.41, 5.74) is 0.933. The molecular weight excluding hydrogens is 336 g/mol. The predicted molar refractivity (Wildman–Crippen MR) is 72.2 cm³/mol. The minimum absolute atomic E-state index is 0.0816. The van der Waals surface area contributed by atoms with E-state index in [-0.39, 0.29) is 18.3 Å². The molecule has 0 saturated heterocycles. The van der Waals surface area contributed by atoms with Crippen LogP contribution in [0.1, 0.15) is 16.1 Å². The van der Waals surface area contributed by atoms with Crippen molar-refractivity contribution in [1.29, 1.82) is 0 Å². The number of halogens is 1. The molecule has 6 nitrogen and oxygen atoms in total. The number of methoxy groups -OCH3 is 1. The molecule has 1 amide bonds. The Morgan fingerprint density at radius 1 is 1.58 bits per heavy atom. The number of nitrogens with one attached hydrogen (secondary N) is 1. The highest BCUT2D eigenvalue weighted by Gasteiger charge is 2.15. The highest BCUT2D eigenvalue weighted by Crippen LogP contribution is 2.21. The summed E-state index contributed by atoms with van der Waals surface area (Å²) >= 11 is 4.36. The van der Waals surface area contributed by atoms with Gasteiger partial charge in [-0.25, -0.2) is 4.98 Å². The minimum atomic E-state index is -0.374. The molecule has 0 aliphatic heterocycles. The molecule has 0 fully saturated rings. The number of ether oxygens (including phenoxy) is 1. The van der Waals surface area contributed by atoms with E-state index in [1.807, 2.05) is 0 Å². The molecule has 0 unspecified atom stereocenters. The third-order valence-electron chi connectivity index (χ3n) is 2.19. The number of anilines is 1. The average molecular weight is 345 g/mol. The maximum Gasteiger partial charge on any atom is 0.311 e. The number of nitrogens with zero attached hydrogens (tertiary/aromatic N) is 1. The molecule has 0 aliphatic rings. The van der Waals surface area contributed by atoms with Crippen LogP contribution in [-0.2, 0) is 16.0 Å². The van der Waals surface area contributed by atoms with E-state index < -0.39 is 0 Å². The van der Waals surface area contributed by atoms with Crippen molar-refractivity contribution in [3.8, 4) is 0 Å². The summed E-state index contributed by atoms with van der Waals surface area (Å²) in [7, 11) is 1.31. The normalized spacial score (nSPS) is 10.2. The molecule has 0 atom stereocenters. The van der Waals surface area contributed by atoms with Crippen LogP contribution in [0.2, 0.25) is 0 Å². The summed E-state index contributed by atoms with van der Waals surface area (Å²) in [4.78, 5) is 27.1. The van der Waals surface area contributed by atoms with Crippen molar-refractivity contribution >= 4 is 44.3 Å². The van der Waals surface area contributed by atoms with Gasteiger partial charge in [-0.05, 0) is 22.0 Å². The molecule has 1 N–H and O–H groups in total. The van der Waals surface area contributed by atoms with Crippen molar-refractivity contribution < 1.29 is 18.7 Å². The largest absolute Gasteiger partial charge is 0.469 e. The lowest BCUT2D eigenvalue weighted by Crippen LogP contribution is -2.11. The molecule has 100 valence electrons. The summed E-state index contributed by atoms with van der Waals surface area (Å²) in [5, 5.41) is 4.73. The molecule has 0 radical (unpaired) electrons. The van der Waals surface area contributed by atoms with Gasteiger partial charge in [-0.1, -0.05) is 0 Å². The zero-order chi connectivity index (χ0) is 13.8. The topological polar surface area (TPSA) is 81.4 Å². The number of hydrogen-bond acceptors (Lipinski definition) is 6. The lowest BCUT2D eigenvalue weighted by molar-refractivity contribution is -0.139. The van der Waals surface area contributed by atoms with Crippen molar-refractivity contribution in [1.82, 2.24) is 4.98 Å². The average Bonchev–Trinajstić information content (AvgIpc) is 2.98. The molecular formula is C11H9BrN2O4S. The molecule has 0 spiro atoms. The van der Waals surface area contributed by atoms with E-state index in [1.54, 1.807) is 11.4 Å². The number of carbonyl (C=O) groups excluding carboxylic acids is 2. The molecule has 0 saturated carbocycles. The maximum absolute atomic E-state index is 11.9. The Labute approximate surface area is 120 Å². The minimum Gasteiger partial charge on any atom is -0.469 e. The maximum atomic E-state index is 11.9. The van der Waals surface area contributed by atoms with E-state index in [9.17, 15) is 9.59 Å². The first-order valence-corrected chi connectivity index (χ1v) is 6.83. The zero-order valence-electron chi connectivity index (χ0n) is 9.81. The van der Waals surface area contributed by atoms with Crippen LogP contribution in [0.4, 0.5) is 5.13 Å². The summed E-state index contributed by atoms with van der Waals surface area (Å²) in [5.74, 6) is -0.708. The summed E-state index contributed by atoms with van der Waals surface area (Å²) in [6.07, 6.45) is 1.49. The van der Waals surface area contributed by atoms with Crippen molar-refractivity contribution in [2.45, 2.75) is 6.42 Å². The number of hydrogen-bond donors (Lipinski definition) is 1. The zero-order valence-corrected chi connectivity index (χ0v) is 12.2. The van der Waals surface area contributed by atoms with Gasteiger partial charge in [0.15, 0.2) is 9.80 Å². The van der Waals surface area contributed by atoms with Crippen molar-refractivity contribution in [3.63, 3.8) is 0 Å². The predicted octanol–water partition coefficient (Wildman–Crippen LogP) is 2.47. The van der Waals surface area contributed by atoms with Gasteiger partial charge >= 0.3 is 5.97 Å². The van der Waals surface area contributed by atoms with E-state index in [1.165, 1.54) is 24.7 Å². The van der Waals surface area contributed by atoms with Gasteiger partial charge in [-0.2, -0.15) is 0 Å². The molecule has 2 heterocycles. The number of thiazole rings is 1. The van der Waals surface area contributed by atoms with Gasteiger partial charge in [0.2, 0.25) is 0 Å². The van der Waals surface area contributed by atoms with Crippen molar-refractivity contribution in [3.05, 3.63) is 33.6 Å².